The zero-order chi connectivity index (χ0) is 12.2. The fourth-order valence-corrected chi connectivity index (χ4v) is 1.01. The molecule has 90 valence electrons. The Morgan fingerprint density at radius 1 is 0.875 bits per heavy atom. The van der Waals surface area contributed by atoms with Gasteiger partial charge in [0.2, 0.25) is 0 Å². The Kier molecular flexibility index (Phi) is 10.6. The molecular weight excluding hydrogens is 344 g/mol. The molecule has 0 N–H and O–H groups in total. The van der Waals surface area contributed by atoms with Gasteiger partial charge in [0, 0.05) is 12.8 Å². The third-order valence-corrected chi connectivity index (χ3v) is 2.24. The Morgan fingerprint density at radius 2 is 1.25 bits per heavy atom. The fourth-order valence-electron chi connectivity index (χ4n) is 0.686. The van der Waals surface area contributed by atoms with Gasteiger partial charge in [0.15, 0.2) is 0 Å². The number of ether oxygens (including phenoxy) is 2. The summed E-state index contributed by atoms with van der Waals surface area (Å²) in [7, 11) is 0. The number of carbonyl (C=O) groups excluding carboxylic acids is 2. The highest BCUT2D eigenvalue weighted by Gasteiger charge is 1.97. The molecule has 0 fully saturated rings. The molecule has 0 aliphatic rings. The second kappa shape index (κ2) is 11.0. The van der Waals surface area contributed by atoms with Crippen molar-refractivity contribution in [1.29, 1.82) is 0 Å². The molecule has 6 heteroatoms. The van der Waals surface area contributed by atoms with Crippen LogP contribution in [0.25, 0.3) is 0 Å². The third kappa shape index (κ3) is 9.99. The minimum atomic E-state index is -0.298. The molecule has 4 nitrogen and oxygen atoms in total. The number of alkyl halides is 2. The standard InChI is InChI=1S/C10H12Br2O4/c11-7-9(13)15-5-3-1-2-4-6-16-10(14)8-12/h3-8H2. The number of halogens is 2. The summed E-state index contributed by atoms with van der Waals surface area (Å²) in [5.41, 5.74) is 0. The average Bonchev–Trinajstić information content (AvgIpc) is 2.31. The van der Waals surface area contributed by atoms with E-state index in [0.29, 0.717) is 26.1 Å². The maximum Gasteiger partial charge on any atom is 0.316 e. The first-order valence-electron chi connectivity index (χ1n) is 4.59. The number of carbonyl (C=O) groups is 2. The molecular formula is C10H12Br2O4. The molecule has 0 aliphatic carbocycles. The monoisotopic (exact) mass is 354 g/mol. The van der Waals surface area contributed by atoms with Crippen molar-refractivity contribution in [3.8, 4) is 11.8 Å². The highest BCUT2D eigenvalue weighted by Crippen LogP contribution is 1.89. The molecule has 0 rings (SSSR count). The van der Waals surface area contributed by atoms with Crippen molar-refractivity contribution in [2.45, 2.75) is 12.8 Å². The van der Waals surface area contributed by atoms with Crippen molar-refractivity contribution in [2.24, 2.45) is 0 Å². The van der Waals surface area contributed by atoms with Crippen LogP contribution in [0, 0.1) is 11.8 Å². The smallest absolute Gasteiger partial charge is 0.316 e. The number of rotatable bonds is 6. The van der Waals surface area contributed by atoms with Gasteiger partial charge in [0.05, 0.1) is 0 Å². The van der Waals surface area contributed by atoms with Gasteiger partial charge in [-0.2, -0.15) is 0 Å². The van der Waals surface area contributed by atoms with Crippen LogP contribution in [0.3, 0.4) is 0 Å². The molecule has 0 bridgehead atoms. The molecule has 0 spiro atoms. The summed E-state index contributed by atoms with van der Waals surface area (Å²) < 4.78 is 9.55. The summed E-state index contributed by atoms with van der Waals surface area (Å²) >= 11 is 5.95. The third-order valence-electron chi connectivity index (χ3n) is 1.32. The van der Waals surface area contributed by atoms with Gasteiger partial charge in [-0.05, 0) is 0 Å². The van der Waals surface area contributed by atoms with Crippen molar-refractivity contribution < 1.29 is 19.1 Å². The SMILES string of the molecule is O=C(CBr)OCCC#CCCOC(=O)CBr. The minimum absolute atomic E-state index is 0.197. The van der Waals surface area contributed by atoms with Gasteiger partial charge in [-0.1, -0.05) is 43.7 Å². The predicted octanol–water partition coefficient (Wildman–Crippen LogP) is 1.65. The Balaban J connectivity index is 3.35. The molecule has 0 aromatic rings. The van der Waals surface area contributed by atoms with E-state index < -0.39 is 0 Å². The first kappa shape index (κ1) is 15.5. The van der Waals surface area contributed by atoms with Gasteiger partial charge < -0.3 is 9.47 Å². The Labute approximate surface area is 111 Å². The molecule has 0 unspecified atom stereocenters. The van der Waals surface area contributed by atoms with Crippen molar-refractivity contribution >= 4 is 43.8 Å². The van der Waals surface area contributed by atoms with E-state index in [1.165, 1.54) is 0 Å². The highest BCUT2D eigenvalue weighted by molar-refractivity contribution is 9.09. The number of esters is 2. The van der Waals surface area contributed by atoms with Gasteiger partial charge in [-0.3, -0.25) is 9.59 Å². The molecule has 16 heavy (non-hydrogen) atoms. The lowest BCUT2D eigenvalue weighted by atomic mass is 10.4. The number of hydrogen-bond acceptors (Lipinski definition) is 4. The van der Waals surface area contributed by atoms with Crippen molar-refractivity contribution in [3.05, 3.63) is 0 Å². The maximum atomic E-state index is 10.7. The van der Waals surface area contributed by atoms with Crippen LogP contribution in [0.4, 0.5) is 0 Å². The first-order chi connectivity index (χ1) is 7.70. The van der Waals surface area contributed by atoms with E-state index in [-0.39, 0.29) is 22.6 Å². The van der Waals surface area contributed by atoms with Crippen LogP contribution in [0.15, 0.2) is 0 Å². The van der Waals surface area contributed by atoms with Crippen LogP contribution in [0.1, 0.15) is 12.8 Å². The molecule has 0 aliphatic heterocycles. The van der Waals surface area contributed by atoms with Crippen LogP contribution in [0.2, 0.25) is 0 Å². The minimum Gasteiger partial charge on any atom is -0.464 e. The average molecular weight is 356 g/mol. The topological polar surface area (TPSA) is 52.6 Å². The molecule has 0 aromatic carbocycles. The van der Waals surface area contributed by atoms with Gasteiger partial charge in [-0.25, -0.2) is 0 Å². The Bertz CT molecular complexity index is 254. The molecule has 0 heterocycles. The molecule has 0 amide bonds. The lowest BCUT2D eigenvalue weighted by Gasteiger charge is -1.98. The van der Waals surface area contributed by atoms with E-state index in [0.717, 1.165) is 0 Å². The zero-order valence-electron chi connectivity index (χ0n) is 8.63. The van der Waals surface area contributed by atoms with Gasteiger partial charge in [-0.15, -0.1) is 0 Å². The summed E-state index contributed by atoms with van der Waals surface area (Å²) in [6.07, 6.45) is 0.982. The normalized spacial score (nSPS) is 8.88. The predicted molar refractivity (Wildman–Crippen MR) is 66.5 cm³/mol. The van der Waals surface area contributed by atoms with E-state index >= 15 is 0 Å². The zero-order valence-corrected chi connectivity index (χ0v) is 11.8. The van der Waals surface area contributed by atoms with Gasteiger partial charge >= 0.3 is 11.9 Å². The largest absolute Gasteiger partial charge is 0.464 e. The van der Waals surface area contributed by atoms with Crippen LogP contribution in [-0.4, -0.2) is 35.8 Å². The van der Waals surface area contributed by atoms with E-state index in [2.05, 4.69) is 43.7 Å². The highest BCUT2D eigenvalue weighted by atomic mass is 79.9. The van der Waals surface area contributed by atoms with E-state index in [1.54, 1.807) is 0 Å². The summed E-state index contributed by atoms with van der Waals surface area (Å²) in [4.78, 5) is 21.4. The Morgan fingerprint density at radius 3 is 1.56 bits per heavy atom. The van der Waals surface area contributed by atoms with E-state index in [9.17, 15) is 9.59 Å². The van der Waals surface area contributed by atoms with Crippen molar-refractivity contribution in [3.63, 3.8) is 0 Å². The second-order valence-electron chi connectivity index (χ2n) is 2.56. The van der Waals surface area contributed by atoms with Gasteiger partial charge in [0.1, 0.15) is 23.9 Å². The Hall–Kier alpha value is -0.540. The molecule has 0 saturated heterocycles. The van der Waals surface area contributed by atoms with E-state index in [4.69, 9.17) is 9.47 Å². The van der Waals surface area contributed by atoms with Crippen LogP contribution in [0.5, 0.6) is 0 Å². The van der Waals surface area contributed by atoms with Gasteiger partial charge in [0.25, 0.3) is 0 Å². The summed E-state index contributed by atoms with van der Waals surface area (Å²) in [6, 6.07) is 0. The fraction of sp³-hybridized carbons (Fsp3) is 0.600. The second-order valence-corrected chi connectivity index (χ2v) is 3.68. The molecule has 0 saturated carbocycles. The summed E-state index contributed by atoms with van der Waals surface area (Å²) in [6.45, 7) is 0.581. The van der Waals surface area contributed by atoms with Crippen LogP contribution >= 0.6 is 31.9 Å². The van der Waals surface area contributed by atoms with Crippen molar-refractivity contribution in [2.75, 3.05) is 23.9 Å². The lowest BCUT2D eigenvalue weighted by molar-refractivity contribution is -0.141. The van der Waals surface area contributed by atoms with E-state index in [1.807, 2.05) is 0 Å². The molecule has 0 radical (unpaired) electrons. The number of hydrogen-bond donors (Lipinski definition) is 0. The van der Waals surface area contributed by atoms with Crippen LogP contribution < -0.4 is 0 Å². The maximum absolute atomic E-state index is 10.7. The molecule has 0 atom stereocenters. The molecule has 0 aromatic heterocycles. The summed E-state index contributed by atoms with van der Waals surface area (Å²) in [5, 5.41) is 0.395. The quantitative estimate of drug-likeness (QED) is 0.314. The summed E-state index contributed by atoms with van der Waals surface area (Å²) in [5.74, 6) is 5.03. The van der Waals surface area contributed by atoms with Crippen LogP contribution in [-0.2, 0) is 19.1 Å². The first-order valence-corrected chi connectivity index (χ1v) is 6.84. The van der Waals surface area contributed by atoms with Crippen molar-refractivity contribution in [1.82, 2.24) is 0 Å². The lowest BCUT2D eigenvalue weighted by Crippen LogP contribution is -2.06.